The first-order valence-corrected chi connectivity index (χ1v) is 8.11. The number of carboxylic acids is 1. The number of rotatable bonds is 6. The average molecular weight is 315 g/mol. The third-order valence-corrected chi connectivity index (χ3v) is 4.11. The summed E-state index contributed by atoms with van der Waals surface area (Å²) in [6, 6.07) is 4.02. The molecule has 0 aliphatic carbocycles. The molecule has 1 aromatic carbocycles. The largest absolute Gasteiger partial charge is 0.495 e. The predicted molar refractivity (Wildman–Crippen MR) is 81.4 cm³/mol. The molecule has 0 aliphatic rings. The normalized spacial score (nSPS) is 12.0. The van der Waals surface area contributed by atoms with E-state index in [0.29, 0.717) is 6.42 Å². The number of sulfonamides is 1. The lowest BCUT2D eigenvalue weighted by molar-refractivity contribution is 0.0697. The molecule has 0 bridgehead atoms. The number of ether oxygens (including phenoxy) is 1. The molecule has 0 spiro atoms. The summed E-state index contributed by atoms with van der Waals surface area (Å²) in [4.78, 5) is 11.0. The number of anilines is 1. The molecule has 6 nitrogen and oxygen atoms in total. The third-order valence-electron chi connectivity index (χ3n) is 2.83. The Morgan fingerprint density at radius 3 is 2.43 bits per heavy atom. The first-order valence-electron chi connectivity index (χ1n) is 6.46. The van der Waals surface area contributed by atoms with Gasteiger partial charge in [-0.15, -0.1) is 0 Å². The van der Waals surface area contributed by atoms with Crippen molar-refractivity contribution in [1.29, 1.82) is 0 Å². The van der Waals surface area contributed by atoms with Gasteiger partial charge in [-0.25, -0.2) is 13.2 Å². The van der Waals surface area contributed by atoms with E-state index < -0.39 is 16.0 Å². The molecule has 0 heterocycles. The fraction of sp³-hybridized carbons (Fsp3) is 0.500. The van der Waals surface area contributed by atoms with E-state index in [0.717, 1.165) is 0 Å². The number of methoxy groups -OCH3 is 1. The molecule has 0 saturated carbocycles. The second-order valence-corrected chi connectivity index (χ2v) is 7.79. The van der Waals surface area contributed by atoms with Gasteiger partial charge in [-0.1, -0.05) is 20.8 Å². The van der Waals surface area contributed by atoms with Gasteiger partial charge in [0, 0.05) is 0 Å². The zero-order valence-electron chi connectivity index (χ0n) is 12.6. The van der Waals surface area contributed by atoms with E-state index in [4.69, 9.17) is 9.84 Å². The number of aromatic carboxylic acids is 1. The Morgan fingerprint density at radius 1 is 1.33 bits per heavy atom. The predicted octanol–water partition coefficient (Wildman–Crippen LogP) is 2.57. The zero-order chi connectivity index (χ0) is 16.3. The van der Waals surface area contributed by atoms with Crippen molar-refractivity contribution in [3.8, 4) is 5.75 Å². The van der Waals surface area contributed by atoms with Gasteiger partial charge in [-0.2, -0.15) is 0 Å². The quantitative estimate of drug-likeness (QED) is 0.841. The van der Waals surface area contributed by atoms with Crippen molar-refractivity contribution in [1.82, 2.24) is 0 Å². The minimum Gasteiger partial charge on any atom is -0.495 e. The molecular weight excluding hydrogens is 294 g/mol. The molecule has 21 heavy (non-hydrogen) atoms. The van der Waals surface area contributed by atoms with E-state index in [1.54, 1.807) is 0 Å². The Balaban J connectivity index is 3.00. The van der Waals surface area contributed by atoms with Crippen LogP contribution in [0.3, 0.4) is 0 Å². The second-order valence-electron chi connectivity index (χ2n) is 5.95. The van der Waals surface area contributed by atoms with Crippen molar-refractivity contribution in [3.63, 3.8) is 0 Å². The Kier molecular flexibility index (Phi) is 5.22. The van der Waals surface area contributed by atoms with Crippen molar-refractivity contribution < 1.29 is 23.1 Å². The maximum atomic E-state index is 12.1. The van der Waals surface area contributed by atoms with E-state index in [1.807, 2.05) is 20.8 Å². The van der Waals surface area contributed by atoms with Crippen LogP contribution in [0.5, 0.6) is 5.75 Å². The summed E-state index contributed by atoms with van der Waals surface area (Å²) < 4.78 is 31.6. The lowest BCUT2D eigenvalue weighted by Crippen LogP contribution is -2.21. The highest BCUT2D eigenvalue weighted by Crippen LogP contribution is 2.27. The van der Waals surface area contributed by atoms with Crippen LogP contribution in [0, 0.1) is 5.41 Å². The van der Waals surface area contributed by atoms with E-state index >= 15 is 0 Å². The standard InChI is InChI=1S/C14H21NO5S/c1-14(2,3)7-8-21(18,19)15-11-9-10(13(16)17)5-6-12(11)20-4/h5-6,9,15H,7-8H2,1-4H3,(H,16,17). The van der Waals surface area contributed by atoms with Gasteiger partial charge in [0.15, 0.2) is 0 Å². The number of hydrogen-bond acceptors (Lipinski definition) is 4. The number of carboxylic acid groups (broad SMARTS) is 1. The molecule has 7 heteroatoms. The maximum absolute atomic E-state index is 12.1. The smallest absolute Gasteiger partial charge is 0.335 e. The van der Waals surface area contributed by atoms with Crippen LogP contribution in [0.25, 0.3) is 0 Å². The Morgan fingerprint density at radius 2 is 1.95 bits per heavy atom. The lowest BCUT2D eigenvalue weighted by Gasteiger charge is -2.18. The fourth-order valence-corrected chi connectivity index (χ4v) is 3.06. The molecule has 1 rings (SSSR count). The first kappa shape index (κ1) is 17.3. The number of carbonyl (C=O) groups is 1. The van der Waals surface area contributed by atoms with Crippen molar-refractivity contribution in [2.24, 2.45) is 5.41 Å². The maximum Gasteiger partial charge on any atom is 0.335 e. The lowest BCUT2D eigenvalue weighted by atomic mass is 9.94. The summed E-state index contributed by atoms with van der Waals surface area (Å²) >= 11 is 0. The molecule has 118 valence electrons. The molecule has 0 radical (unpaired) electrons. The number of nitrogens with one attached hydrogen (secondary N) is 1. The van der Waals surface area contributed by atoms with Gasteiger partial charge >= 0.3 is 5.97 Å². The highest BCUT2D eigenvalue weighted by atomic mass is 32.2. The van der Waals surface area contributed by atoms with Crippen LogP contribution in [0.1, 0.15) is 37.6 Å². The molecule has 0 aliphatic heterocycles. The summed E-state index contributed by atoms with van der Waals surface area (Å²) in [5.74, 6) is -0.899. The van der Waals surface area contributed by atoms with Crippen molar-refractivity contribution >= 4 is 21.7 Å². The molecule has 0 fully saturated rings. The molecule has 0 aromatic heterocycles. The highest BCUT2D eigenvalue weighted by Gasteiger charge is 2.19. The van der Waals surface area contributed by atoms with Crippen LogP contribution < -0.4 is 9.46 Å². The molecule has 0 saturated heterocycles. The van der Waals surface area contributed by atoms with Crippen LogP contribution in [-0.2, 0) is 10.0 Å². The van der Waals surface area contributed by atoms with Gasteiger partial charge in [0.05, 0.1) is 24.1 Å². The summed E-state index contributed by atoms with van der Waals surface area (Å²) in [5.41, 5.74) is 0.0116. The van der Waals surface area contributed by atoms with Gasteiger partial charge in [-0.3, -0.25) is 4.72 Å². The second kappa shape index (κ2) is 6.34. The van der Waals surface area contributed by atoms with Crippen LogP contribution in [0.4, 0.5) is 5.69 Å². The van der Waals surface area contributed by atoms with E-state index in [-0.39, 0.29) is 28.2 Å². The summed E-state index contributed by atoms with van der Waals surface area (Å²) in [5, 5.41) is 8.96. The van der Waals surface area contributed by atoms with Crippen LogP contribution >= 0.6 is 0 Å². The van der Waals surface area contributed by atoms with Crippen molar-refractivity contribution in [3.05, 3.63) is 23.8 Å². The first-order chi connectivity index (χ1) is 9.54. The van der Waals surface area contributed by atoms with E-state index in [2.05, 4.69) is 4.72 Å². The van der Waals surface area contributed by atoms with Crippen molar-refractivity contribution in [2.45, 2.75) is 27.2 Å². The molecule has 0 unspecified atom stereocenters. The molecular formula is C14H21NO5S. The summed E-state index contributed by atoms with van der Waals surface area (Å²) in [6.45, 7) is 5.86. The van der Waals surface area contributed by atoms with E-state index in [1.165, 1.54) is 25.3 Å². The average Bonchev–Trinajstić information content (AvgIpc) is 2.35. The third kappa shape index (κ3) is 5.63. The fourth-order valence-electron chi connectivity index (χ4n) is 1.58. The van der Waals surface area contributed by atoms with E-state index in [9.17, 15) is 13.2 Å². The minimum atomic E-state index is -3.57. The SMILES string of the molecule is COc1ccc(C(=O)O)cc1NS(=O)(=O)CCC(C)(C)C. The number of hydrogen-bond donors (Lipinski definition) is 2. The Hall–Kier alpha value is -1.76. The molecule has 2 N–H and O–H groups in total. The molecule has 0 atom stereocenters. The minimum absolute atomic E-state index is 0.00989. The summed E-state index contributed by atoms with van der Waals surface area (Å²) in [6.07, 6.45) is 0.489. The molecule has 0 amide bonds. The summed E-state index contributed by atoms with van der Waals surface area (Å²) in [7, 11) is -2.17. The van der Waals surface area contributed by atoms with Gasteiger partial charge < -0.3 is 9.84 Å². The number of benzene rings is 1. The van der Waals surface area contributed by atoms with Crippen molar-refractivity contribution in [2.75, 3.05) is 17.6 Å². The topological polar surface area (TPSA) is 92.7 Å². The highest BCUT2D eigenvalue weighted by molar-refractivity contribution is 7.92. The van der Waals surface area contributed by atoms with Gasteiger partial charge in [-0.05, 0) is 30.0 Å². The van der Waals surface area contributed by atoms with Crippen LogP contribution in [-0.4, -0.2) is 32.4 Å². The van der Waals surface area contributed by atoms with Crippen LogP contribution in [0.2, 0.25) is 0 Å². The Bertz CT molecular complexity index is 617. The Labute approximate surface area is 125 Å². The van der Waals surface area contributed by atoms with Crippen LogP contribution in [0.15, 0.2) is 18.2 Å². The monoisotopic (exact) mass is 315 g/mol. The molecule has 1 aromatic rings. The van der Waals surface area contributed by atoms with Gasteiger partial charge in [0.1, 0.15) is 5.75 Å². The van der Waals surface area contributed by atoms with Gasteiger partial charge in [0.2, 0.25) is 10.0 Å². The van der Waals surface area contributed by atoms with Gasteiger partial charge in [0.25, 0.3) is 0 Å². The zero-order valence-corrected chi connectivity index (χ0v) is 13.5.